The molecule has 0 spiro atoms. The summed E-state index contributed by atoms with van der Waals surface area (Å²) < 4.78 is 5.94. The molecular weight excluding hydrogens is 200 g/mol. The molecule has 0 aromatic heterocycles. The Hall–Kier alpha value is -1.38. The molecule has 1 aromatic carbocycles. The lowest BCUT2D eigenvalue weighted by atomic mass is 10.2. The fourth-order valence-corrected chi connectivity index (χ4v) is 1.78. The predicted molar refractivity (Wildman–Crippen MR) is 68.7 cm³/mol. The number of anilines is 2. The number of nitrogens with zero attached hydrogens (tertiary/aromatic N) is 2. The van der Waals surface area contributed by atoms with Gasteiger partial charge in [-0.25, -0.2) is 0 Å². The Labute approximate surface area is 97.6 Å². The average Bonchev–Trinajstić information content (AvgIpc) is 3.00. The summed E-state index contributed by atoms with van der Waals surface area (Å²) in [5.74, 6) is 0.999. The lowest BCUT2D eigenvalue weighted by molar-refractivity contribution is 0.304. The maximum Gasteiger partial charge on any atom is 0.145 e. The minimum atomic E-state index is 0.441. The number of hydrogen-bond acceptors (Lipinski definition) is 3. The molecule has 0 N–H and O–H groups in total. The van der Waals surface area contributed by atoms with E-state index in [4.69, 9.17) is 4.74 Å². The molecule has 0 heterocycles. The molecule has 0 amide bonds. The standard InChI is InChI=1S/C13H20N2O/c1-14(2)11-6-5-7-12(13(11)15(3)4)16-10-8-9-10/h5-7,10H,8-9H2,1-4H3. The van der Waals surface area contributed by atoms with Gasteiger partial charge in [0.25, 0.3) is 0 Å². The van der Waals surface area contributed by atoms with Crippen molar-refractivity contribution < 1.29 is 4.74 Å². The second-order valence-corrected chi connectivity index (χ2v) is 4.73. The first kappa shape index (κ1) is 11.1. The number of benzene rings is 1. The van der Waals surface area contributed by atoms with Crippen LogP contribution in [0.5, 0.6) is 5.75 Å². The number of hydrogen-bond donors (Lipinski definition) is 0. The van der Waals surface area contributed by atoms with E-state index in [1.807, 2.05) is 0 Å². The maximum absolute atomic E-state index is 5.94. The van der Waals surface area contributed by atoms with Gasteiger partial charge >= 0.3 is 0 Å². The molecule has 0 radical (unpaired) electrons. The highest BCUT2D eigenvalue weighted by Gasteiger charge is 2.25. The first-order valence-corrected chi connectivity index (χ1v) is 5.74. The molecule has 0 atom stereocenters. The van der Waals surface area contributed by atoms with Crippen molar-refractivity contribution in [2.24, 2.45) is 0 Å². The fourth-order valence-electron chi connectivity index (χ4n) is 1.78. The van der Waals surface area contributed by atoms with E-state index in [0.717, 1.165) is 5.75 Å². The minimum Gasteiger partial charge on any atom is -0.488 e. The van der Waals surface area contributed by atoms with Gasteiger partial charge < -0.3 is 14.5 Å². The zero-order valence-corrected chi connectivity index (χ0v) is 10.5. The smallest absolute Gasteiger partial charge is 0.145 e. The van der Waals surface area contributed by atoms with E-state index in [-0.39, 0.29) is 0 Å². The van der Waals surface area contributed by atoms with Crippen LogP contribution < -0.4 is 14.5 Å². The third-order valence-electron chi connectivity index (χ3n) is 2.72. The Kier molecular flexibility index (Phi) is 2.95. The normalized spacial score (nSPS) is 14.8. The van der Waals surface area contributed by atoms with Gasteiger partial charge in [0, 0.05) is 28.2 Å². The van der Waals surface area contributed by atoms with Crippen molar-refractivity contribution >= 4 is 11.4 Å². The molecule has 1 aromatic rings. The van der Waals surface area contributed by atoms with Crippen LogP contribution in [0.4, 0.5) is 11.4 Å². The van der Waals surface area contributed by atoms with Gasteiger partial charge in [-0.3, -0.25) is 0 Å². The predicted octanol–water partition coefficient (Wildman–Crippen LogP) is 2.36. The molecule has 3 heteroatoms. The minimum absolute atomic E-state index is 0.441. The van der Waals surface area contributed by atoms with Crippen molar-refractivity contribution in [3.05, 3.63) is 18.2 Å². The molecular formula is C13H20N2O. The van der Waals surface area contributed by atoms with Gasteiger partial charge in [-0.1, -0.05) is 6.07 Å². The maximum atomic E-state index is 5.94. The summed E-state index contributed by atoms with van der Waals surface area (Å²) in [6, 6.07) is 6.23. The second kappa shape index (κ2) is 4.24. The highest BCUT2D eigenvalue weighted by atomic mass is 16.5. The molecule has 1 saturated carbocycles. The van der Waals surface area contributed by atoms with Gasteiger partial charge in [0.15, 0.2) is 0 Å². The average molecular weight is 220 g/mol. The monoisotopic (exact) mass is 220 g/mol. The van der Waals surface area contributed by atoms with Gasteiger partial charge in [0.1, 0.15) is 11.4 Å². The molecule has 1 aliphatic rings. The zero-order valence-electron chi connectivity index (χ0n) is 10.5. The third-order valence-corrected chi connectivity index (χ3v) is 2.72. The summed E-state index contributed by atoms with van der Waals surface area (Å²) in [6.45, 7) is 0. The molecule has 1 fully saturated rings. The fraction of sp³-hybridized carbons (Fsp3) is 0.538. The van der Waals surface area contributed by atoms with Gasteiger partial charge in [-0.05, 0) is 25.0 Å². The molecule has 0 unspecified atom stereocenters. The van der Waals surface area contributed by atoms with Crippen LogP contribution in [0, 0.1) is 0 Å². The van der Waals surface area contributed by atoms with Crippen molar-refractivity contribution in [1.82, 2.24) is 0 Å². The molecule has 0 bridgehead atoms. The summed E-state index contributed by atoms with van der Waals surface area (Å²) in [7, 11) is 8.23. The summed E-state index contributed by atoms with van der Waals surface area (Å²) in [6.07, 6.45) is 2.83. The van der Waals surface area contributed by atoms with Crippen molar-refractivity contribution in [2.45, 2.75) is 18.9 Å². The summed E-state index contributed by atoms with van der Waals surface area (Å²) in [5.41, 5.74) is 2.36. The number of ether oxygens (including phenoxy) is 1. The van der Waals surface area contributed by atoms with Gasteiger partial charge in [0.05, 0.1) is 11.8 Å². The van der Waals surface area contributed by atoms with E-state index in [0.29, 0.717) is 6.10 Å². The van der Waals surface area contributed by atoms with Crippen LogP contribution in [-0.2, 0) is 0 Å². The largest absolute Gasteiger partial charge is 0.488 e. The van der Waals surface area contributed by atoms with Crippen LogP contribution in [0.15, 0.2) is 18.2 Å². The van der Waals surface area contributed by atoms with Gasteiger partial charge in [-0.2, -0.15) is 0 Å². The summed E-state index contributed by atoms with van der Waals surface area (Å²) in [5, 5.41) is 0. The van der Waals surface area contributed by atoms with Crippen molar-refractivity contribution in [2.75, 3.05) is 38.0 Å². The van der Waals surface area contributed by atoms with E-state index in [9.17, 15) is 0 Å². The summed E-state index contributed by atoms with van der Waals surface area (Å²) >= 11 is 0. The van der Waals surface area contributed by atoms with E-state index in [2.05, 4.69) is 56.2 Å². The molecule has 2 rings (SSSR count). The van der Waals surface area contributed by atoms with Crippen molar-refractivity contribution in [3.8, 4) is 5.75 Å². The number of para-hydroxylation sites is 1. The zero-order chi connectivity index (χ0) is 11.7. The lowest BCUT2D eigenvalue weighted by Gasteiger charge is -2.25. The SMILES string of the molecule is CN(C)c1cccc(OC2CC2)c1N(C)C. The Morgan fingerprint density at radius 3 is 2.25 bits per heavy atom. The van der Waals surface area contributed by atoms with Crippen LogP contribution in [0.3, 0.4) is 0 Å². The molecule has 3 nitrogen and oxygen atoms in total. The molecule has 88 valence electrons. The lowest BCUT2D eigenvalue weighted by Crippen LogP contribution is -2.18. The Bertz CT molecular complexity index is 370. The summed E-state index contributed by atoms with van der Waals surface area (Å²) in [4.78, 5) is 4.24. The van der Waals surface area contributed by atoms with E-state index >= 15 is 0 Å². The van der Waals surface area contributed by atoms with E-state index in [1.165, 1.54) is 24.2 Å². The van der Waals surface area contributed by atoms with Crippen molar-refractivity contribution in [3.63, 3.8) is 0 Å². The molecule has 16 heavy (non-hydrogen) atoms. The Morgan fingerprint density at radius 1 is 1.06 bits per heavy atom. The van der Waals surface area contributed by atoms with Crippen LogP contribution in [-0.4, -0.2) is 34.3 Å². The second-order valence-electron chi connectivity index (χ2n) is 4.73. The van der Waals surface area contributed by atoms with E-state index in [1.54, 1.807) is 0 Å². The topological polar surface area (TPSA) is 15.7 Å². The molecule has 0 saturated heterocycles. The Balaban J connectivity index is 2.37. The quantitative estimate of drug-likeness (QED) is 0.774. The third kappa shape index (κ3) is 2.23. The van der Waals surface area contributed by atoms with Gasteiger partial charge in [-0.15, -0.1) is 0 Å². The molecule has 0 aliphatic heterocycles. The number of rotatable bonds is 4. The van der Waals surface area contributed by atoms with Gasteiger partial charge in [0.2, 0.25) is 0 Å². The highest BCUT2D eigenvalue weighted by molar-refractivity contribution is 5.77. The van der Waals surface area contributed by atoms with Crippen LogP contribution in [0.2, 0.25) is 0 Å². The van der Waals surface area contributed by atoms with E-state index < -0.39 is 0 Å². The van der Waals surface area contributed by atoms with Crippen LogP contribution in [0.1, 0.15) is 12.8 Å². The molecule has 1 aliphatic carbocycles. The van der Waals surface area contributed by atoms with Crippen LogP contribution >= 0.6 is 0 Å². The van der Waals surface area contributed by atoms with Crippen LogP contribution in [0.25, 0.3) is 0 Å². The Morgan fingerprint density at radius 2 is 1.75 bits per heavy atom. The first-order chi connectivity index (χ1) is 7.59. The highest BCUT2D eigenvalue weighted by Crippen LogP contribution is 2.39. The first-order valence-electron chi connectivity index (χ1n) is 5.74. The van der Waals surface area contributed by atoms with Crippen molar-refractivity contribution in [1.29, 1.82) is 0 Å².